The second-order valence-corrected chi connectivity index (χ2v) is 5.13. The van der Waals surface area contributed by atoms with Crippen LogP contribution in [-0.4, -0.2) is 60.0 Å². The molecule has 1 unspecified atom stereocenters. The van der Waals surface area contributed by atoms with E-state index in [1.807, 2.05) is 18.3 Å². The van der Waals surface area contributed by atoms with Crippen LogP contribution in [0.15, 0.2) is 29.0 Å². The Hall–Kier alpha value is -1.83. The summed E-state index contributed by atoms with van der Waals surface area (Å²) in [7, 11) is 1.66. The highest BCUT2D eigenvalue weighted by Crippen LogP contribution is 2.27. The number of aromatic nitrogens is 3. The van der Waals surface area contributed by atoms with Gasteiger partial charge >= 0.3 is 0 Å². The second kappa shape index (κ2) is 7.44. The van der Waals surface area contributed by atoms with Crippen molar-refractivity contribution in [3.63, 3.8) is 0 Å². The first-order chi connectivity index (χ1) is 10.9. The van der Waals surface area contributed by atoms with E-state index in [1.165, 1.54) is 0 Å². The number of ether oxygens (including phenoxy) is 2. The zero-order valence-corrected chi connectivity index (χ0v) is 12.6. The monoisotopic (exact) mass is 304 g/mol. The molecule has 1 fully saturated rings. The highest BCUT2D eigenvalue weighted by Gasteiger charge is 2.29. The van der Waals surface area contributed by atoms with E-state index in [0.29, 0.717) is 38.0 Å². The Morgan fingerprint density at radius 2 is 2.23 bits per heavy atom. The van der Waals surface area contributed by atoms with Crippen molar-refractivity contribution in [1.29, 1.82) is 0 Å². The maximum atomic E-state index is 5.50. The van der Waals surface area contributed by atoms with Crippen molar-refractivity contribution in [3.8, 4) is 0 Å². The Bertz CT molecular complexity index is 569. The molecule has 0 saturated carbocycles. The minimum Gasteiger partial charge on any atom is -0.384 e. The van der Waals surface area contributed by atoms with E-state index in [0.717, 1.165) is 18.7 Å². The summed E-state index contributed by atoms with van der Waals surface area (Å²) in [6.07, 6.45) is 4.25. The van der Waals surface area contributed by atoms with Gasteiger partial charge in [0.25, 0.3) is 0 Å². The molecule has 7 heteroatoms. The van der Waals surface area contributed by atoms with Crippen molar-refractivity contribution in [2.75, 3.05) is 40.0 Å². The molecular weight excluding hydrogens is 284 g/mol. The van der Waals surface area contributed by atoms with Crippen LogP contribution in [-0.2, 0) is 15.9 Å². The normalized spacial score (nSPS) is 17.5. The lowest BCUT2D eigenvalue weighted by Crippen LogP contribution is -2.39. The van der Waals surface area contributed by atoms with Crippen LogP contribution in [0, 0.1) is 0 Å². The smallest absolute Gasteiger partial charge is 0.248 e. The summed E-state index contributed by atoms with van der Waals surface area (Å²) in [5.41, 5.74) is 1.05. The molecule has 1 aliphatic heterocycles. The van der Waals surface area contributed by atoms with Crippen molar-refractivity contribution in [2.24, 2.45) is 0 Å². The molecule has 0 N–H and O–H groups in total. The van der Waals surface area contributed by atoms with Gasteiger partial charge in [0.15, 0.2) is 5.82 Å². The van der Waals surface area contributed by atoms with Gasteiger partial charge in [-0.25, -0.2) is 0 Å². The van der Waals surface area contributed by atoms with Crippen LogP contribution in [0.1, 0.15) is 23.3 Å². The Balaban J connectivity index is 1.86. The molecule has 1 saturated heterocycles. The van der Waals surface area contributed by atoms with Gasteiger partial charge in [-0.3, -0.25) is 9.88 Å². The van der Waals surface area contributed by atoms with E-state index < -0.39 is 0 Å². The van der Waals surface area contributed by atoms with E-state index in [9.17, 15) is 0 Å². The van der Waals surface area contributed by atoms with Crippen LogP contribution in [0.4, 0.5) is 0 Å². The minimum absolute atomic E-state index is 0.0820. The fraction of sp³-hybridized carbons (Fsp3) is 0.533. The van der Waals surface area contributed by atoms with Gasteiger partial charge in [-0.2, -0.15) is 4.98 Å². The van der Waals surface area contributed by atoms with Gasteiger partial charge in [0.2, 0.25) is 5.89 Å². The highest BCUT2D eigenvalue weighted by molar-refractivity contribution is 5.20. The molecule has 1 aliphatic rings. The maximum Gasteiger partial charge on any atom is 0.248 e. The van der Waals surface area contributed by atoms with Crippen LogP contribution >= 0.6 is 0 Å². The molecule has 3 heterocycles. The van der Waals surface area contributed by atoms with Gasteiger partial charge in [-0.15, -0.1) is 0 Å². The number of methoxy groups -OCH3 is 1. The van der Waals surface area contributed by atoms with Gasteiger partial charge < -0.3 is 14.0 Å². The van der Waals surface area contributed by atoms with Gasteiger partial charge in [-0.1, -0.05) is 11.2 Å². The predicted octanol–water partition coefficient (Wildman–Crippen LogP) is 1.08. The Kier molecular flexibility index (Phi) is 5.10. The fourth-order valence-electron chi connectivity index (χ4n) is 2.56. The lowest BCUT2D eigenvalue weighted by atomic mass is 10.1. The van der Waals surface area contributed by atoms with Crippen LogP contribution in [0.2, 0.25) is 0 Å². The molecule has 7 nitrogen and oxygen atoms in total. The van der Waals surface area contributed by atoms with Crippen molar-refractivity contribution in [3.05, 3.63) is 41.8 Å². The first kappa shape index (κ1) is 15.1. The standard InChI is InChI=1S/C15H20N4O3/c1-20-8-4-13-17-15(22-18-13)14(12-3-2-5-16-11-12)19-6-9-21-10-7-19/h2-3,5,11,14H,4,6-10H2,1H3. The van der Waals surface area contributed by atoms with Crippen LogP contribution in [0.5, 0.6) is 0 Å². The summed E-state index contributed by atoms with van der Waals surface area (Å²) < 4.78 is 16.0. The van der Waals surface area contributed by atoms with Crippen LogP contribution in [0.3, 0.4) is 0 Å². The lowest BCUT2D eigenvalue weighted by Gasteiger charge is -2.32. The number of morpholine rings is 1. The first-order valence-corrected chi connectivity index (χ1v) is 7.41. The largest absolute Gasteiger partial charge is 0.384 e. The summed E-state index contributed by atoms with van der Waals surface area (Å²) >= 11 is 0. The van der Waals surface area contributed by atoms with Gasteiger partial charge in [-0.05, 0) is 11.6 Å². The molecule has 0 amide bonds. The topological polar surface area (TPSA) is 73.5 Å². The maximum absolute atomic E-state index is 5.50. The number of hydrogen-bond donors (Lipinski definition) is 0. The summed E-state index contributed by atoms with van der Waals surface area (Å²) in [6, 6.07) is 3.87. The second-order valence-electron chi connectivity index (χ2n) is 5.13. The number of pyridine rings is 1. The Morgan fingerprint density at radius 3 is 2.95 bits per heavy atom. The van der Waals surface area contributed by atoms with Gasteiger partial charge in [0.05, 0.1) is 19.8 Å². The average molecular weight is 304 g/mol. The van der Waals surface area contributed by atoms with Crippen molar-refractivity contribution < 1.29 is 14.0 Å². The number of hydrogen-bond acceptors (Lipinski definition) is 7. The predicted molar refractivity (Wildman–Crippen MR) is 78.4 cm³/mol. The Labute approximate surface area is 129 Å². The third kappa shape index (κ3) is 3.49. The van der Waals surface area contributed by atoms with Crippen LogP contribution < -0.4 is 0 Å². The molecule has 0 aliphatic carbocycles. The first-order valence-electron chi connectivity index (χ1n) is 7.41. The summed E-state index contributed by atoms with van der Waals surface area (Å²) in [5, 5.41) is 4.05. The van der Waals surface area contributed by atoms with Crippen molar-refractivity contribution >= 4 is 0 Å². The van der Waals surface area contributed by atoms with Gasteiger partial charge in [0.1, 0.15) is 6.04 Å². The average Bonchev–Trinajstić information content (AvgIpc) is 3.04. The molecule has 22 heavy (non-hydrogen) atoms. The molecule has 2 aromatic heterocycles. The van der Waals surface area contributed by atoms with E-state index >= 15 is 0 Å². The van der Waals surface area contributed by atoms with Crippen molar-refractivity contribution in [2.45, 2.75) is 12.5 Å². The molecule has 3 rings (SSSR count). The molecular formula is C15H20N4O3. The molecule has 0 aromatic carbocycles. The zero-order chi connectivity index (χ0) is 15.2. The number of rotatable bonds is 6. The molecule has 1 atom stereocenters. The van der Waals surface area contributed by atoms with E-state index in [1.54, 1.807) is 13.3 Å². The zero-order valence-electron chi connectivity index (χ0n) is 12.6. The molecule has 2 aromatic rings. The SMILES string of the molecule is COCCc1noc(C(c2cccnc2)N2CCOCC2)n1. The molecule has 0 radical (unpaired) electrons. The third-order valence-corrected chi connectivity index (χ3v) is 3.66. The van der Waals surface area contributed by atoms with E-state index in [2.05, 4.69) is 20.0 Å². The quantitative estimate of drug-likeness (QED) is 0.790. The number of nitrogens with zero attached hydrogens (tertiary/aromatic N) is 4. The lowest BCUT2D eigenvalue weighted by molar-refractivity contribution is 0.0180. The van der Waals surface area contributed by atoms with Crippen molar-refractivity contribution in [1.82, 2.24) is 20.0 Å². The minimum atomic E-state index is -0.0820. The van der Waals surface area contributed by atoms with E-state index in [-0.39, 0.29) is 6.04 Å². The Morgan fingerprint density at radius 1 is 1.36 bits per heavy atom. The summed E-state index contributed by atoms with van der Waals surface area (Å²) in [5.74, 6) is 1.26. The molecule has 118 valence electrons. The van der Waals surface area contributed by atoms with Crippen LogP contribution in [0.25, 0.3) is 0 Å². The molecule has 0 bridgehead atoms. The third-order valence-electron chi connectivity index (χ3n) is 3.66. The summed E-state index contributed by atoms with van der Waals surface area (Å²) in [6.45, 7) is 3.65. The molecule has 0 spiro atoms. The van der Waals surface area contributed by atoms with Gasteiger partial charge in [0, 0.05) is 39.0 Å². The summed E-state index contributed by atoms with van der Waals surface area (Å²) in [4.78, 5) is 11.0. The fourth-order valence-corrected chi connectivity index (χ4v) is 2.56. The van der Waals surface area contributed by atoms with E-state index in [4.69, 9.17) is 14.0 Å². The highest BCUT2D eigenvalue weighted by atomic mass is 16.5.